The standard InChI is InChI=1S/C12H17NO3/c1-7(2)16-12(14)10-8(3)6-9(4)13-11(10)15-5/h6-7H,1-5H3. The highest BCUT2D eigenvalue weighted by Crippen LogP contribution is 2.21. The van der Waals surface area contributed by atoms with E-state index in [1.807, 2.05) is 19.9 Å². The molecule has 0 fully saturated rings. The van der Waals surface area contributed by atoms with Gasteiger partial charge in [-0.15, -0.1) is 0 Å². The summed E-state index contributed by atoms with van der Waals surface area (Å²) in [6.45, 7) is 7.31. The van der Waals surface area contributed by atoms with Crippen LogP contribution in [0.5, 0.6) is 5.88 Å². The molecule has 4 nitrogen and oxygen atoms in total. The summed E-state index contributed by atoms with van der Waals surface area (Å²) in [6.07, 6.45) is -0.155. The quantitative estimate of drug-likeness (QED) is 0.737. The monoisotopic (exact) mass is 223 g/mol. The van der Waals surface area contributed by atoms with Crippen molar-refractivity contribution in [2.24, 2.45) is 0 Å². The smallest absolute Gasteiger partial charge is 0.344 e. The molecule has 88 valence electrons. The fraction of sp³-hybridized carbons (Fsp3) is 0.500. The summed E-state index contributed by atoms with van der Waals surface area (Å²) in [5.74, 6) is -0.0694. The number of carbonyl (C=O) groups excluding carboxylic acids is 1. The molecule has 1 heterocycles. The predicted molar refractivity (Wildman–Crippen MR) is 60.8 cm³/mol. The van der Waals surface area contributed by atoms with Crippen molar-refractivity contribution in [1.82, 2.24) is 4.98 Å². The van der Waals surface area contributed by atoms with Crippen LogP contribution >= 0.6 is 0 Å². The third-order valence-corrected chi connectivity index (χ3v) is 2.05. The van der Waals surface area contributed by atoms with E-state index in [2.05, 4.69) is 4.98 Å². The van der Waals surface area contributed by atoms with Crippen LogP contribution < -0.4 is 4.74 Å². The maximum atomic E-state index is 11.8. The van der Waals surface area contributed by atoms with Gasteiger partial charge in [-0.1, -0.05) is 0 Å². The van der Waals surface area contributed by atoms with Crippen LogP contribution in [-0.2, 0) is 4.74 Å². The van der Waals surface area contributed by atoms with Crippen LogP contribution in [0.4, 0.5) is 0 Å². The molecule has 0 aliphatic rings. The fourth-order valence-electron chi connectivity index (χ4n) is 1.47. The van der Waals surface area contributed by atoms with E-state index >= 15 is 0 Å². The molecule has 0 saturated heterocycles. The maximum Gasteiger partial charge on any atom is 0.344 e. The lowest BCUT2D eigenvalue weighted by molar-refractivity contribution is 0.0372. The minimum absolute atomic E-state index is 0.155. The van der Waals surface area contributed by atoms with E-state index in [1.54, 1.807) is 13.8 Å². The molecule has 1 rings (SSSR count). The first-order chi connectivity index (χ1) is 7.45. The van der Waals surface area contributed by atoms with E-state index in [9.17, 15) is 4.79 Å². The van der Waals surface area contributed by atoms with Crippen LogP contribution in [0.25, 0.3) is 0 Å². The number of nitrogens with zero attached hydrogens (tertiary/aromatic N) is 1. The molecule has 0 N–H and O–H groups in total. The van der Waals surface area contributed by atoms with Gasteiger partial charge in [0.05, 0.1) is 13.2 Å². The van der Waals surface area contributed by atoms with Gasteiger partial charge in [-0.25, -0.2) is 9.78 Å². The third kappa shape index (κ3) is 2.72. The Morgan fingerprint density at radius 1 is 1.38 bits per heavy atom. The number of methoxy groups -OCH3 is 1. The average molecular weight is 223 g/mol. The molecule has 0 unspecified atom stereocenters. The van der Waals surface area contributed by atoms with Crippen molar-refractivity contribution in [2.75, 3.05) is 7.11 Å². The zero-order chi connectivity index (χ0) is 12.3. The summed E-state index contributed by atoms with van der Waals surface area (Å²) in [6, 6.07) is 1.83. The van der Waals surface area contributed by atoms with Gasteiger partial charge < -0.3 is 9.47 Å². The number of aryl methyl sites for hydroxylation is 2. The molecule has 0 aromatic carbocycles. The Morgan fingerprint density at radius 3 is 2.50 bits per heavy atom. The lowest BCUT2D eigenvalue weighted by Crippen LogP contribution is -2.15. The lowest BCUT2D eigenvalue weighted by Gasteiger charge is -2.13. The van der Waals surface area contributed by atoms with Crippen molar-refractivity contribution in [3.05, 3.63) is 22.9 Å². The normalized spacial score (nSPS) is 10.4. The summed E-state index contributed by atoms with van der Waals surface area (Å²) >= 11 is 0. The Labute approximate surface area is 95.6 Å². The molecule has 4 heteroatoms. The first kappa shape index (κ1) is 12.5. The second kappa shape index (κ2) is 4.96. The molecule has 1 aromatic heterocycles. The zero-order valence-electron chi connectivity index (χ0n) is 10.3. The molecule has 0 aliphatic heterocycles. The highest BCUT2D eigenvalue weighted by molar-refractivity contribution is 5.93. The molecule has 0 atom stereocenters. The lowest BCUT2D eigenvalue weighted by atomic mass is 10.1. The summed E-state index contributed by atoms with van der Waals surface area (Å²) in [5, 5.41) is 0. The van der Waals surface area contributed by atoms with Gasteiger partial charge in [-0.2, -0.15) is 0 Å². The summed E-state index contributed by atoms with van der Waals surface area (Å²) in [4.78, 5) is 16.0. The topological polar surface area (TPSA) is 48.4 Å². The van der Waals surface area contributed by atoms with Crippen LogP contribution in [0, 0.1) is 13.8 Å². The van der Waals surface area contributed by atoms with Gasteiger partial charge in [0.25, 0.3) is 0 Å². The van der Waals surface area contributed by atoms with Crippen molar-refractivity contribution in [1.29, 1.82) is 0 Å². The summed E-state index contributed by atoms with van der Waals surface area (Å²) < 4.78 is 10.2. The fourth-order valence-corrected chi connectivity index (χ4v) is 1.47. The molecule has 16 heavy (non-hydrogen) atoms. The second-order valence-corrected chi connectivity index (χ2v) is 3.92. The molecule has 0 spiro atoms. The van der Waals surface area contributed by atoms with E-state index in [1.165, 1.54) is 7.11 Å². The number of rotatable bonds is 3. The van der Waals surface area contributed by atoms with E-state index < -0.39 is 5.97 Å². The largest absolute Gasteiger partial charge is 0.480 e. The molecule has 0 saturated carbocycles. The molecular formula is C12H17NO3. The van der Waals surface area contributed by atoms with Crippen LogP contribution in [-0.4, -0.2) is 24.2 Å². The Bertz CT molecular complexity index is 399. The van der Waals surface area contributed by atoms with Crippen molar-refractivity contribution in [2.45, 2.75) is 33.8 Å². The van der Waals surface area contributed by atoms with Crippen LogP contribution in [0.15, 0.2) is 6.07 Å². The SMILES string of the molecule is COc1nc(C)cc(C)c1C(=O)OC(C)C. The highest BCUT2D eigenvalue weighted by Gasteiger charge is 2.19. The third-order valence-electron chi connectivity index (χ3n) is 2.05. The second-order valence-electron chi connectivity index (χ2n) is 3.92. The molecule has 0 amide bonds. The highest BCUT2D eigenvalue weighted by atomic mass is 16.5. The minimum atomic E-state index is -0.392. The number of ether oxygens (including phenoxy) is 2. The Kier molecular flexibility index (Phi) is 3.88. The summed E-state index contributed by atoms with van der Waals surface area (Å²) in [5.41, 5.74) is 2.03. The van der Waals surface area contributed by atoms with Gasteiger partial charge in [0, 0.05) is 5.69 Å². The Morgan fingerprint density at radius 2 is 2.00 bits per heavy atom. The number of pyridine rings is 1. The van der Waals surface area contributed by atoms with Crippen molar-refractivity contribution >= 4 is 5.97 Å². The van der Waals surface area contributed by atoms with Crippen LogP contribution in [0.1, 0.15) is 35.5 Å². The zero-order valence-corrected chi connectivity index (χ0v) is 10.3. The average Bonchev–Trinajstić information content (AvgIpc) is 2.14. The number of aromatic nitrogens is 1. The van der Waals surface area contributed by atoms with Crippen molar-refractivity contribution in [3.63, 3.8) is 0 Å². The molecule has 0 radical (unpaired) electrons. The van der Waals surface area contributed by atoms with E-state index in [-0.39, 0.29) is 6.10 Å². The predicted octanol–water partition coefficient (Wildman–Crippen LogP) is 2.27. The van der Waals surface area contributed by atoms with Gasteiger partial charge in [-0.05, 0) is 39.3 Å². The molecular weight excluding hydrogens is 206 g/mol. The first-order valence-electron chi connectivity index (χ1n) is 5.19. The number of hydrogen-bond acceptors (Lipinski definition) is 4. The van der Waals surface area contributed by atoms with Crippen LogP contribution in [0.3, 0.4) is 0 Å². The van der Waals surface area contributed by atoms with Gasteiger partial charge in [0.1, 0.15) is 5.56 Å². The Hall–Kier alpha value is -1.58. The van der Waals surface area contributed by atoms with Gasteiger partial charge in [-0.3, -0.25) is 0 Å². The number of hydrogen-bond donors (Lipinski definition) is 0. The number of esters is 1. The molecule has 1 aromatic rings. The van der Waals surface area contributed by atoms with E-state index in [0.717, 1.165) is 11.3 Å². The molecule has 0 aliphatic carbocycles. The minimum Gasteiger partial charge on any atom is -0.480 e. The molecule has 0 bridgehead atoms. The van der Waals surface area contributed by atoms with Crippen LogP contribution in [0.2, 0.25) is 0 Å². The van der Waals surface area contributed by atoms with Crippen molar-refractivity contribution in [3.8, 4) is 5.88 Å². The van der Waals surface area contributed by atoms with Gasteiger partial charge in [0.15, 0.2) is 0 Å². The maximum absolute atomic E-state index is 11.8. The van der Waals surface area contributed by atoms with E-state index in [4.69, 9.17) is 9.47 Å². The van der Waals surface area contributed by atoms with Gasteiger partial charge in [0.2, 0.25) is 5.88 Å². The Balaban J connectivity index is 3.16. The first-order valence-corrected chi connectivity index (χ1v) is 5.19. The van der Waals surface area contributed by atoms with E-state index in [0.29, 0.717) is 11.4 Å². The van der Waals surface area contributed by atoms with Gasteiger partial charge >= 0.3 is 5.97 Å². The number of carbonyl (C=O) groups is 1. The summed E-state index contributed by atoms with van der Waals surface area (Å²) in [7, 11) is 1.49. The van der Waals surface area contributed by atoms with Crippen molar-refractivity contribution < 1.29 is 14.3 Å².